The zero-order chi connectivity index (χ0) is 15.1. The number of carbonyl (C=O) groups excluding carboxylic acids is 1. The molecule has 0 saturated carbocycles. The first-order valence-electron chi connectivity index (χ1n) is 6.30. The van der Waals surface area contributed by atoms with Crippen LogP contribution in [0.25, 0.3) is 10.8 Å². The Hall–Kier alpha value is -2.53. The first-order chi connectivity index (χ1) is 10.2. The van der Waals surface area contributed by atoms with E-state index in [9.17, 15) is 4.79 Å². The summed E-state index contributed by atoms with van der Waals surface area (Å²) in [6.07, 6.45) is 1.09. The molecule has 2 aromatic carbocycles. The summed E-state index contributed by atoms with van der Waals surface area (Å²) < 4.78 is 20.3. The SMILES string of the molecule is C=CC(=O)OCOc1ccc2cc(OCOC)ccc2c1. The lowest BCUT2D eigenvalue weighted by molar-refractivity contribution is -0.144. The smallest absolute Gasteiger partial charge is 0.333 e. The topological polar surface area (TPSA) is 54.0 Å². The number of carbonyl (C=O) groups is 1. The van der Waals surface area contributed by atoms with Gasteiger partial charge in [-0.2, -0.15) is 0 Å². The fourth-order valence-corrected chi connectivity index (χ4v) is 1.72. The van der Waals surface area contributed by atoms with Crippen molar-refractivity contribution >= 4 is 16.7 Å². The van der Waals surface area contributed by atoms with Crippen LogP contribution in [0.4, 0.5) is 0 Å². The number of fused-ring (bicyclic) bond motifs is 1. The minimum atomic E-state index is -0.518. The molecule has 0 aliphatic carbocycles. The molecule has 2 aromatic rings. The number of hydrogen-bond acceptors (Lipinski definition) is 5. The molecule has 5 nitrogen and oxygen atoms in total. The minimum absolute atomic E-state index is 0.147. The first kappa shape index (κ1) is 14.9. The van der Waals surface area contributed by atoms with E-state index in [0.717, 1.165) is 22.6 Å². The molecular weight excluding hydrogens is 272 g/mol. The van der Waals surface area contributed by atoms with Gasteiger partial charge in [-0.1, -0.05) is 18.7 Å². The average molecular weight is 288 g/mol. The molecule has 2 rings (SSSR count). The molecule has 0 N–H and O–H groups in total. The molecule has 0 saturated heterocycles. The molecule has 0 amide bonds. The maximum absolute atomic E-state index is 10.9. The second kappa shape index (κ2) is 7.31. The van der Waals surface area contributed by atoms with Crippen LogP contribution in [0.1, 0.15) is 0 Å². The zero-order valence-electron chi connectivity index (χ0n) is 11.7. The molecule has 110 valence electrons. The van der Waals surface area contributed by atoms with E-state index in [1.807, 2.05) is 30.3 Å². The van der Waals surface area contributed by atoms with E-state index < -0.39 is 5.97 Å². The van der Waals surface area contributed by atoms with E-state index in [0.29, 0.717) is 5.75 Å². The van der Waals surface area contributed by atoms with Gasteiger partial charge in [0.15, 0.2) is 6.79 Å². The summed E-state index contributed by atoms with van der Waals surface area (Å²) in [5.41, 5.74) is 0. The molecule has 5 heteroatoms. The number of ether oxygens (including phenoxy) is 4. The molecule has 0 unspecified atom stereocenters. The monoisotopic (exact) mass is 288 g/mol. The fraction of sp³-hybridized carbons (Fsp3) is 0.188. The van der Waals surface area contributed by atoms with Gasteiger partial charge in [-0.25, -0.2) is 4.79 Å². The van der Waals surface area contributed by atoms with Crippen molar-refractivity contribution in [3.05, 3.63) is 49.1 Å². The van der Waals surface area contributed by atoms with Crippen molar-refractivity contribution in [3.63, 3.8) is 0 Å². The number of benzene rings is 2. The third-order valence-electron chi connectivity index (χ3n) is 2.72. The molecule has 0 bridgehead atoms. The lowest BCUT2D eigenvalue weighted by atomic mass is 10.1. The third kappa shape index (κ3) is 4.22. The summed E-state index contributed by atoms with van der Waals surface area (Å²) in [5.74, 6) is 0.832. The maximum Gasteiger partial charge on any atom is 0.333 e. The van der Waals surface area contributed by atoms with Crippen molar-refractivity contribution in [1.29, 1.82) is 0 Å². The summed E-state index contributed by atoms with van der Waals surface area (Å²) in [4.78, 5) is 10.9. The van der Waals surface area contributed by atoms with Crippen LogP contribution >= 0.6 is 0 Å². The van der Waals surface area contributed by atoms with Crippen LogP contribution in [-0.2, 0) is 14.3 Å². The first-order valence-corrected chi connectivity index (χ1v) is 6.30. The van der Waals surface area contributed by atoms with Crippen LogP contribution < -0.4 is 9.47 Å². The van der Waals surface area contributed by atoms with Crippen LogP contribution in [-0.4, -0.2) is 26.7 Å². The molecule has 0 aliphatic rings. The lowest BCUT2D eigenvalue weighted by Crippen LogP contribution is -2.07. The maximum atomic E-state index is 10.9. The Labute approximate surface area is 122 Å². The Bertz CT molecular complexity index is 636. The largest absolute Gasteiger partial charge is 0.468 e. The fourth-order valence-electron chi connectivity index (χ4n) is 1.72. The Morgan fingerprint density at radius 2 is 1.62 bits per heavy atom. The summed E-state index contributed by atoms with van der Waals surface area (Å²) >= 11 is 0. The van der Waals surface area contributed by atoms with Gasteiger partial charge in [0.25, 0.3) is 0 Å². The lowest BCUT2D eigenvalue weighted by Gasteiger charge is -2.09. The van der Waals surface area contributed by atoms with E-state index in [-0.39, 0.29) is 13.6 Å². The number of rotatable bonds is 7. The van der Waals surface area contributed by atoms with Gasteiger partial charge in [0.05, 0.1) is 0 Å². The normalized spacial score (nSPS) is 10.1. The minimum Gasteiger partial charge on any atom is -0.468 e. The van der Waals surface area contributed by atoms with Gasteiger partial charge in [-0.15, -0.1) is 0 Å². The number of methoxy groups -OCH3 is 1. The number of hydrogen-bond donors (Lipinski definition) is 0. The van der Waals surface area contributed by atoms with Crippen molar-refractivity contribution in [2.45, 2.75) is 0 Å². The molecule has 0 aliphatic heterocycles. The van der Waals surface area contributed by atoms with Crippen molar-refractivity contribution in [1.82, 2.24) is 0 Å². The van der Waals surface area contributed by atoms with Crippen LogP contribution in [0, 0.1) is 0 Å². The molecule has 0 spiro atoms. The van der Waals surface area contributed by atoms with Crippen LogP contribution in [0.5, 0.6) is 11.5 Å². The van der Waals surface area contributed by atoms with Crippen LogP contribution in [0.2, 0.25) is 0 Å². The second-order valence-electron chi connectivity index (χ2n) is 4.15. The summed E-state index contributed by atoms with van der Waals surface area (Å²) in [6.45, 7) is 3.37. The van der Waals surface area contributed by atoms with E-state index in [2.05, 4.69) is 6.58 Å². The second-order valence-corrected chi connectivity index (χ2v) is 4.15. The van der Waals surface area contributed by atoms with Gasteiger partial charge >= 0.3 is 5.97 Å². The summed E-state index contributed by atoms with van der Waals surface area (Å²) in [5, 5.41) is 2.01. The Morgan fingerprint density at radius 3 is 2.14 bits per heavy atom. The highest BCUT2D eigenvalue weighted by molar-refractivity contribution is 5.85. The van der Waals surface area contributed by atoms with Crippen LogP contribution in [0.15, 0.2) is 49.1 Å². The molecule has 0 heterocycles. The zero-order valence-corrected chi connectivity index (χ0v) is 11.7. The highest BCUT2D eigenvalue weighted by atomic mass is 16.7. The molecule has 0 fully saturated rings. The van der Waals surface area contributed by atoms with E-state index in [4.69, 9.17) is 18.9 Å². The Balaban J connectivity index is 2.04. The quantitative estimate of drug-likeness (QED) is 0.445. The Morgan fingerprint density at radius 1 is 1.05 bits per heavy atom. The number of esters is 1. The van der Waals surface area contributed by atoms with Crippen LogP contribution in [0.3, 0.4) is 0 Å². The molecule has 21 heavy (non-hydrogen) atoms. The molecule has 0 aromatic heterocycles. The van der Waals surface area contributed by atoms with E-state index in [1.165, 1.54) is 0 Å². The van der Waals surface area contributed by atoms with E-state index >= 15 is 0 Å². The van der Waals surface area contributed by atoms with E-state index in [1.54, 1.807) is 13.2 Å². The van der Waals surface area contributed by atoms with Crippen molar-refractivity contribution in [2.75, 3.05) is 20.7 Å². The van der Waals surface area contributed by atoms with Gasteiger partial charge in [-0.3, -0.25) is 0 Å². The van der Waals surface area contributed by atoms with Crippen molar-refractivity contribution in [2.24, 2.45) is 0 Å². The van der Waals surface area contributed by atoms with Crippen molar-refractivity contribution in [3.8, 4) is 11.5 Å². The molecule has 0 radical (unpaired) electrons. The molecule has 0 atom stereocenters. The Kier molecular flexibility index (Phi) is 5.17. The third-order valence-corrected chi connectivity index (χ3v) is 2.72. The van der Waals surface area contributed by atoms with Gasteiger partial charge in [0.1, 0.15) is 11.5 Å². The molecular formula is C16H16O5. The van der Waals surface area contributed by atoms with Gasteiger partial charge < -0.3 is 18.9 Å². The standard InChI is InChI=1S/C16H16O5/c1-3-16(17)21-11-20-15-7-5-12-8-14(19-10-18-2)6-4-13(12)9-15/h3-9H,1,10-11H2,2H3. The highest BCUT2D eigenvalue weighted by Crippen LogP contribution is 2.25. The predicted molar refractivity (Wildman–Crippen MR) is 78.2 cm³/mol. The van der Waals surface area contributed by atoms with Gasteiger partial charge in [0.2, 0.25) is 6.79 Å². The predicted octanol–water partition coefficient (Wildman–Crippen LogP) is 2.89. The van der Waals surface area contributed by atoms with Gasteiger partial charge in [0, 0.05) is 13.2 Å². The average Bonchev–Trinajstić information content (AvgIpc) is 2.52. The summed E-state index contributed by atoms with van der Waals surface area (Å²) in [7, 11) is 1.57. The van der Waals surface area contributed by atoms with Crippen molar-refractivity contribution < 1.29 is 23.7 Å². The summed E-state index contributed by atoms with van der Waals surface area (Å²) in [6, 6.07) is 11.2. The van der Waals surface area contributed by atoms with Gasteiger partial charge in [-0.05, 0) is 35.0 Å². The highest BCUT2D eigenvalue weighted by Gasteiger charge is 2.01.